The number of ether oxygens (including phenoxy) is 1. The molecule has 0 aromatic carbocycles. The van der Waals surface area contributed by atoms with E-state index in [2.05, 4.69) is 10.5 Å². The van der Waals surface area contributed by atoms with Crippen LogP contribution in [0.25, 0.3) is 0 Å². The Hall–Kier alpha value is -1.30. The Morgan fingerprint density at radius 2 is 2.25 bits per heavy atom. The smallest absolute Gasteiger partial charge is 0.222 e. The fraction of sp³-hybridized carbons (Fsp3) is 0.800. The van der Waals surface area contributed by atoms with Crippen molar-refractivity contribution in [3.8, 4) is 0 Å². The van der Waals surface area contributed by atoms with Crippen LogP contribution in [0.1, 0.15) is 33.1 Å². The first-order valence-electron chi connectivity index (χ1n) is 5.47. The summed E-state index contributed by atoms with van der Waals surface area (Å²) in [6, 6.07) is -0.0926. The summed E-state index contributed by atoms with van der Waals surface area (Å²) >= 11 is 0. The van der Waals surface area contributed by atoms with Crippen molar-refractivity contribution in [3.63, 3.8) is 0 Å². The van der Waals surface area contributed by atoms with E-state index in [1.165, 1.54) is 0 Å². The first kappa shape index (κ1) is 14.7. The second kappa shape index (κ2) is 8.96. The maximum absolute atomic E-state index is 11.4. The molecule has 0 aliphatic heterocycles. The summed E-state index contributed by atoms with van der Waals surface area (Å²) in [5, 5.41) is 14.1. The van der Waals surface area contributed by atoms with Crippen LogP contribution in [0.5, 0.6) is 0 Å². The van der Waals surface area contributed by atoms with Crippen LogP contribution in [0.3, 0.4) is 0 Å². The monoisotopic (exact) mass is 231 g/mol. The van der Waals surface area contributed by atoms with Crippen LogP contribution in [0.4, 0.5) is 0 Å². The summed E-state index contributed by atoms with van der Waals surface area (Å²) in [4.78, 5) is 11.4. The van der Waals surface area contributed by atoms with E-state index in [-0.39, 0.29) is 17.8 Å². The largest absolute Gasteiger partial charge is 0.409 e. The Morgan fingerprint density at radius 3 is 2.75 bits per heavy atom. The molecule has 6 nitrogen and oxygen atoms in total. The summed E-state index contributed by atoms with van der Waals surface area (Å²) in [7, 11) is 0. The normalized spacial score (nSPS) is 13.5. The van der Waals surface area contributed by atoms with E-state index in [0.29, 0.717) is 26.1 Å². The number of nitrogens with zero attached hydrogens (tertiary/aromatic N) is 1. The van der Waals surface area contributed by atoms with Crippen LogP contribution < -0.4 is 11.1 Å². The fourth-order valence-electron chi connectivity index (χ4n) is 1.20. The zero-order chi connectivity index (χ0) is 12.4. The van der Waals surface area contributed by atoms with Crippen molar-refractivity contribution < 1.29 is 14.7 Å². The van der Waals surface area contributed by atoms with E-state index < -0.39 is 0 Å². The minimum Gasteiger partial charge on any atom is -0.409 e. The average molecular weight is 231 g/mol. The van der Waals surface area contributed by atoms with Gasteiger partial charge in [0.25, 0.3) is 0 Å². The minimum atomic E-state index is -0.0926. The first-order chi connectivity index (χ1) is 7.63. The molecule has 1 atom stereocenters. The molecular weight excluding hydrogens is 210 g/mol. The highest BCUT2D eigenvalue weighted by atomic mass is 16.5. The Labute approximate surface area is 95.8 Å². The topological polar surface area (TPSA) is 96.9 Å². The highest BCUT2D eigenvalue weighted by Crippen LogP contribution is 1.98. The Morgan fingerprint density at radius 1 is 1.56 bits per heavy atom. The van der Waals surface area contributed by atoms with Crippen molar-refractivity contribution in [2.24, 2.45) is 10.9 Å². The third-order valence-corrected chi connectivity index (χ3v) is 2.12. The first-order valence-corrected chi connectivity index (χ1v) is 5.47. The third kappa shape index (κ3) is 7.05. The predicted octanol–water partition coefficient (Wildman–Crippen LogP) is 0.444. The van der Waals surface area contributed by atoms with Gasteiger partial charge in [0.1, 0.15) is 5.84 Å². The van der Waals surface area contributed by atoms with Crippen molar-refractivity contribution in [1.29, 1.82) is 0 Å². The number of oxime groups is 1. The number of nitrogens with two attached hydrogens (primary N) is 1. The van der Waals surface area contributed by atoms with Crippen molar-refractivity contribution in [2.45, 2.75) is 39.2 Å². The SMILES string of the molecule is CCOCCC(=O)NC(CC)CC(N)=NO. The molecule has 0 aliphatic carbocycles. The van der Waals surface area contributed by atoms with Gasteiger partial charge in [0, 0.05) is 25.5 Å². The van der Waals surface area contributed by atoms with E-state index in [9.17, 15) is 4.79 Å². The van der Waals surface area contributed by atoms with Gasteiger partial charge < -0.3 is 21.0 Å². The molecule has 0 saturated carbocycles. The lowest BCUT2D eigenvalue weighted by atomic mass is 10.1. The van der Waals surface area contributed by atoms with Crippen LogP contribution in [0.15, 0.2) is 5.16 Å². The van der Waals surface area contributed by atoms with E-state index in [1.807, 2.05) is 13.8 Å². The van der Waals surface area contributed by atoms with Crippen molar-refractivity contribution in [3.05, 3.63) is 0 Å². The Kier molecular flexibility index (Phi) is 8.24. The summed E-state index contributed by atoms with van der Waals surface area (Å²) in [6.07, 6.45) is 1.42. The molecule has 0 aromatic rings. The molecular formula is C10H21N3O3. The van der Waals surface area contributed by atoms with Gasteiger partial charge in [0.15, 0.2) is 0 Å². The van der Waals surface area contributed by atoms with E-state index in [4.69, 9.17) is 15.7 Å². The van der Waals surface area contributed by atoms with Gasteiger partial charge in [-0.25, -0.2) is 0 Å². The molecule has 0 bridgehead atoms. The second-order valence-corrected chi connectivity index (χ2v) is 3.42. The second-order valence-electron chi connectivity index (χ2n) is 3.42. The van der Waals surface area contributed by atoms with Gasteiger partial charge >= 0.3 is 0 Å². The highest BCUT2D eigenvalue weighted by molar-refractivity contribution is 5.82. The molecule has 16 heavy (non-hydrogen) atoms. The molecule has 0 saturated heterocycles. The standard InChI is InChI=1S/C10H21N3O3/c1-3-8(7-9(11)13-15)12-10(14)5-6-16-4-2/h8,15H,3-7H2,1-2H3,(H2,11,13)(H,12,14). The van der Waals surface area contributed by atoms with Gasteiger partial charge in [-0.1, -0.05) is 12.1 Å². The zero-order valence-electron chi connectivity index (χ0n) is 9.90. The number of nitrogens with one attached hydrogen (secondary N) is 1. The van der Waals surface area contributed by atoms with Gasteiger partial charge in [-0.05, 0) is 13.3 Å². The average Bonchev–Trinajstić information content (AvgIpc) is 2.28. The predicted molar refractivity (Wildman–Crippen MR) is 61.4 cm³/mol. The minimum absolute atomic E-state index is 0.0777. The lowest BCUT2D eigenvalue weighted by molar-refractivity contribution is -0.122. The van der Waals surface area contributed by atoms with Crippen LogP contribution in [0.2, 0.25) is 0 Å². The molecule has 0 aliphatic rings. The van der Waals surface area contributed by atoms with Crippen LogP contribution in [0, 0.1) is 0 Å². The van der Waals surface area contributed by atoms with Gasteiger partial charge in [0.2, 0.25) is 5.91 Å². The van der Waals surface area contributed by atoms with Crippen molar-refractivity contribution in [2.75, 3.05) is 13.2 Å². The van der Waals surface area contributed by atoms with E-state index in [1.54, 1.807) is 0 Å². The summed E-state index contributed by atoms with van der Waals surface area (Å²) in [6.45, 7) is 4.83. The lowest BCUT2D eigenvalue weighted by Crippen LogP contribution is -2.37. The molecule has 0 aromatic heterocycles. The molecule has 0 radical (unpaired) electrons. The Bertz CT molecular complexity index is 231. The molecule has 6 heteroatoms. The number of amides is 1. The van der Waals surface area contributed by atoms with Crippen LogP contribution >= 0.6 is 0 Å². The molecule has 4 N–H and O–H groups in total. The molecule has 1 amide bonds. The maximum atomic E-state index is 11.4. The molecule has 0 heterocycles. The van der Waals surface area contributed by atoms with E-state index >= 15 is 0 Å². The van der Waals surface area contributed by atoms with Gasteiger partial charge in [0.05, 0.1) is 6.61 Å². The third-order valence-electron chi connectivity index (χ3n) is 2.12. The quantitative estimate of drug-likeness (QED) is 0.186. The lowest BCUT2D eigenvalue weighted by Gasteiger charge is -2.15. The molecule has 1 unspecified atom stereocenters. The molecule has 94 valence electrons. The number of amidine groups is 1. The fourth-order valence-corrected chi connectivity index (χ4v) is 1.20. The highest BCUT2D eigenvalue weighted by Gasteiger charge is 2.11. The molecule has 0 rings (SSSR count). The van der Waals surface area contributed by atoms with Crippen LogP contribution in [-0.4, -0.2) is 36.2 Å². The summed E-state index contributed by atoms with van der Waals surface area (Å²) in [5.74, 6) is 0.0444. The Balaban J connectivity index is 3.88. The van der Waals surface area contributed by atoms with Gasteiger partial charge in [-0.3, -0.25) is 4.79 Å². The maximum Gasteiger partial charge on any atom is 0.222 e. The van der Waals surface area contributed by atoms with Gasteiger partial charge in [-0.15, -0.1) is 0 Å². The molecule has 0 fully saturated rings. The number of carbonyl (C=O) groups excluding carboxylic acids is 1. The van der Waals surface area contributed by atoms with E-state index in [0.717, 1.165) is 6.42 Å². The number of rotatable bonds is 8. The summed E-state index contributed by atoms with van der Waals surface area (Å²) < 4.78 is 5.07. The zero-order valence-corrected chi connectivity index (χ0v) is 9.90. The van der Waals surface area contributed by atoms with Gasteiger partial charge in [-0.2, -0.15) is 0 Å². The van der Waals surface area contributed by atoms with Crippen molar-refractivity contribution in [1.82, 2.24) is 5.32 Å². The number of hydrogen-bond donors (Lipinski definition) is 3. The van der Waals surface area contributed by atoms with Crippen LogP contribution in [-0.2, 0) is 9.53 Å². The molecule has 0 spiro atoms. The number of hydrogen-bond acceptors (Lipinski definition) is 4. The van der Waals surface area contributed by atoms with Crippen molar-refractivity contribution >= 4 is 11.7 Å². The summed E-state index contributed by atoms with van der Waals surface area (Å²) in [5.41, 5.74) is 5.37. The number of carbonyl (C=O) groups is 1.